The zero-order valence-electron chi connectivity index (χ0n) is 16.0. The largest absolute Gasteiger partial charge is 0.338 e. The van der Waals surface area contributed by atoms with Gasteiger partial charge in [0, 0.05) is 25.1 Å². The number of rotatable bonds is 5. The summed E-state index contributed by atoms with van der Waals surface area (Å²) >= 11 is 0. The molecular weight excluding hydrogens is 338 g/mol. The number of hydrogen-bond donors (Lipinski definition) is 1. The fourth-order valence-corrected chi connectivity index (χ4v) is 3.55. The van der Waals surface area contributed by atoms with E-state index in [0.29, 0.717) is 13.1 Å². The fourth-order valence-electron chi connectivity index (χ4n) is 3.55. The Balaban J connectivity index is 1.58. The lowest BCUT2D eigenvalue weighted by molar-refractivity contribution is -0.129. The summed E-state index contributed by atoms with van der Waals surface area (Å²) in [7, 11) is 0. The highest BCUT2D eigenvalue weighted by atomic mass is 16.2. The Bertz CT molecular complexity index is 851. The predicted octanol–water partition coefficient (Wildman–Crippen LogP) is 3.11. The Morgan fingerprint density at radius 1 is 1.19 bits per heavy atom. The summed E-state index contributed by atoms with van der Waals surface area (Å²) in [4.78, 5) is 26.4. The maximum absolute atomic E-state index is 12.4. The molecule has 1 heterocycles. The smallest absolute Gasteiger partial charge is 0.245 e. The van der Waals surface area contributed by atoms with Crippen LogP contribution in [0.5, 0.6) is 0 Å². The standard InChI is InChI=1S/C22H25N3O2/c1-15-9-16(2)20(17(3)10-15)12-23-24-22(27)19-11-21(26)25(14-19)13-18-7-5-4-6-8-18/h4-10,12,19H,11,13-14H2,1-3H3,(H,24,27)/b23-12+. The van der Waals surface area contributed by atoms with Gasteiger partial charge in [-0.15, -0.1) is 0 Å². The summed E-state index contributed by atoms with van der Waals surface area (Å²) in [5.74, 6) is -0.565. The number of likely N-dealkylation sites (tertiary alicyclic amines) is 1. The molecule has 1 aliphatic heterocycles. The fraction of sp³-hybridized carbons (Fsp3) is 0.318. The van der Waals surface area contributed by atoms with Crippen LogP contribution in [0.3, 0.4) is 0 Å². The van der Waals surface area contributed by atoms with Gasteiger partial charge in [-0.3, -0.25) is 9.59 Å². The first kappa shape index (κ1) is 18.8. The number of amides is 2. The number of benzene rings is 2. The van der Waals surface area contributed by atoms with Crippen molar-refractivity contribution in [2.45, 2.75) is 33.7 Å². The molecule has 2 amide bonds. The van der Waals surface area contributed by atoms with Crippen LogP contribution in [0.15, 0.2) is 47.6 Å². The number of hydrazone groups is 1. The van der Waals surface area contributed by atoms with Crippen molar-refractivity contribution < 1.29 is 9.59 Å². The summed E-state index contributed by atoms with van der Waals surface area (Å²) in [6.07, 6.45) is 1.91. The summed E-state index contributed by atoms with van der Waals surface area (Å²) < 4.78 is 0. The third kappa shape index (κ3) is 4.61. The van der Waals surface area contributed by atoms with E-state index in [4.69, 9.17) is 0 Å². The van der Waals surface area contributed by atoms with E-state index in [1.165, 1.54) is 5.56 Å². The van der Waals surface area contributed by atoms with Gasteiger partial charge in [-0.2, -0.15) is 5.10 Å². The molecule has 5 heteroatoms. The average Bonchev–Trinajstić information content (AvgIpc) is 2.98. The molecule has 140 valence electrons. The van der Waals surface area contributed by atoms with Crippen LogP contribution < -0.4 is 5.43 Å². The quantitative estimate of drug-likeness (QED) is 0.655. The van der Waals surface area contributed by atoms with Crippen molar-refractivity contribution in [3.63, 3.8) is 0 Å². The second kappa shape index (κ2) is 8.16. The van der Waals surface area contributed by atoms with Gasteiger partial charge in [0.25, 0.3) is 0 Å². The lowest BCUT2D eigenvalue weighted by Gasteiger charge is -2.16. The van der Waals surface area contributed by atoms with Crippen LogP contribution in [0, 0.1) is 26.7 Å². The molecule has 1 atom stereocenters. The number of nitrogens with zero attached hydrogens (tertiary/aromatic N) is 2. The van der Waals surface area contributed by atoms with Gasteiger partial charge in [-0.05, 0) is 37.5 Å². The van der Waals surface area contributed by atoms with Gasteiger partial charge in [0.1, 0.15) is 0 Å². The van der Waals surface area contributed by atoms with Gasteiger partial charge >= 0.3 is 0 Å². The molecule has 2 aromatic rings. The molecule has 1 fully saturated rings. The molecule has 27 heavy (non-hydrogen) atoms. The lowest BCUT2D eigenvalue weighted by Crippen LogP contribution is -2.30. The van der Waals surface area contributed by atoms with Crippen LogP contribution in [-0.4, -0.2) is 29.5 Å². The normalized spacial score (nSPS) is 16.9. The third-order valence-corrected chi connectivity index (χ3v) is 4.91. The van der Waals surface area contributed by atoms with Crippen molar-refractivity contribution in [1.82, 2.24) is 10.3 Å². The van der Waals surface area contributed by atoms with Crippen LogP contribution in [0.1, 0.15) is 34.2 Å². The second-order valence-corrected chi connectivity index (χ2v) is 7.21. The van der Waals surface area contributed by atoms with Crippen molar-refractivity contribution in [2.75, 3.05) is 6.54 Å². The van der Waals surface area contributed by atoms with Crippen molar-refractivity contribution in [1.29, 1.82) is 0 Å². The van der Waals surface area contributed by atoms with Gasteiger partial charge in [-0.25, -0.2) is 5.43 Å². The Morgan fingerprint density at radius 3 is 2.52 bits per heavy atom. The van der Waals surface area contributed by atoms with Crippen LogP contribution in [0.4, 0.5) is 0 Å². The second-order valence-electron chi connectivity index (χ2n) is 7.21. The van der Waals surface area contributed by atoms with Crippen LogP contribution in [0.2, 0.25) is 0 Å². The minimum atomic E-state index is -0.362. The molecule has 5 nitrogen and oxygen atoms in total. The van der Waals surface area contributed by atoms with E-state index < -0.39 is 0 Å². The first-order chi connectivity index (χ1) is 12.9. The summed E-state index contributed by atoms with van der Waals surface area (Å²) in [6.45, 7) is 7.08. The number of carbonyl (C=O) groups excluding carboxylic acids is 2. The maximum Gasteiger partial charge on any atom is 0.245 e. The van der Waals surface area contributed by atoms with E-state index in [2.05, 4.69) is 29.6 Å². The van der Waals surface area contributed by atoms with Gasteiger partial charge in [-0.1, -0.05) is 48.0 Å². The molecule has 0 radical (unpaired) electrons. The molecule has 0 saturated carbocycles. The predicted molar refractivity (Wildman–Crippen MR) is 106 cm³/mol. The summed E-state index contributed by atoms with van der Waals surface area (Å²) in [5.41, 5.74) is 8.12. The molecule has 1 N–H and O–H groups in total. The minimum Gasteiger partial charge on any atom is -0.338 e. The van der Waals surface area contributed by atoms with Crippen molar-refractivity contribution >= 4 is 18.0 Å². The Morgan fingerprint density at radius 2 is 1.85 bits per heavy atom. The monoisotopic (exact) mass is 363 g/mol. The van der Waals surface area contributed by atoms with Crippen LogP contribution in [-0.2, 0) is 16.1 Å². The zero-order chi connectivity index (χ0) is 19.4. The van der Waals surface area contributed by atoms with Crippen molar-refractivity contribution in [3.8, 4) is 0 Å². The van der Waals surface area contributed by atoms with Crippen molar-refractivity contribution in [2.24, 2.45) is 11.0 Å². The first-order valence-corrected chi connectivity index (χ1v) is 9.16. The van der Waals surface area contributed by atoms with E-state index in [-0.39, 0.29) is 24.2 Å². The first-order valence-electron chi connectivity index (χ1n) is 9.16. The lowest BCUT2D eigenvalue weighted by atomic mass is 10.0. The number of carbonyl (C=O) groups is 2. The van der Waals surface area contributed by atoms with E-state index in [1.807, 2.05) is 44.2 Å². The molecule has 3 rings (SSSR count). The Hall–Kier alpha value is -2.95. The van der Waals surface area contributed by atoms with Gasteiger partial charge in [0.05, 0.1) is 12.1 Å². The van der Waals surface area contributed by atoms with Gasteiger partial charge in [0.2, 0.25) is 11.8 Å². The molecule has 1 unspecified atom stereocenters. The van der Waals surface area contributed by atoms with E-state index in [9.17, 15) is 9.59 Å². The van der Waals surface area contributed by atoms with Crippen LogP contribution >= 0.6 is 0 Å². The highest BCUT2D eigenvalue weighted by Crippen LogP contribution is 2.20. The average molecular weight is 363 g/mol. The molecule has 0 spiro atoms. The highest BCUT2D eigenvalue weighted by Gasteiger charge is 2.34. The van der Waals surface area contributed by atoms with E-state index >= 15 is 0 Å². The Labute approximate surface area is 160 Å². The van der Waals surface area contributed by atoms with Crippen LogP contribution in [0.25, 0.3) is 0 Å². The topological polar surface area (TPSA) is 61.8 Å². The number of hydrogen-bond acceptors (Lipinski definition) is 3. The third-order valence-electron chi connectivity index (χ3n) is 4.91. The molecule has 1 aliphatic rings. The SMILES string of the molecule is Cc1cc(C)c(/C=N/NC(=O)C2CC(=O)N(Cc3ccccc3)C2)c(C)c1. The number of nitrogens with one attached hydrogen (secondary N) is 1. The summed E-state index contributed by atoms with van der Waals surface area (Å²) in [6, 6.07) is 14.0. The van der Waals surface area contributed by atoms with Gasteiger partial charge < -0.3 is 4.90 Å². The molecule has 0 aromatic heterocycles. The molecule has 0 bridgehead atoms. The molecule has 1 saturated heterocycles. The highest BCUT2D eigenvalue weighted by molar-refractivity contribution is 5.90. The van der Waals surface area contributed by atoms with Gasteiger partial charge in [0.15, 0.2) is 0 Å². The van der Waals surface area contributed by atoms with E-state index in [1.54, 1.807) is 11.1 Å². The van der Waals surface area contributed by atoms with E-state index in [0.717, 1.165) is 22.3 Å². The molecule has 0 aliphatic carbocycles. The maximum atomic E-state index is 12.4. The molecular formula is C22H25N3O2. The molecule has 2 aromatic carbocycles. The zero-order valence-corrected chi connectivity index (χ0v) is 16.0. The van der Waals surface area contributed by atoms with Crippen molar-refractivity contribution in [3.05, 3.63) is 70.3 Å². The number of aryl methyl sites for hydroxylation is 3. The summed E-state index contributed by atoms with van der Waals surface area (Å²) in [5, 5.41) is 4.12. The Kier molecular flexibility index (Phi) is 5.69. The minimum absolute atomic E-state index is 0.00760.